The molecule has 44 heavy (non-hydrogen) atoms. The minimum absolute atomic E-state index is 0.115. The highest BCUT2D eigenvalue weighted by molar-refractivity contribution is 5.87. The molecule has 2 fully saturated rings. The van der Waals surface area contributed by atoms with Crippen molar-refractivity contribution in [2.24, 2.45) is 23.2 Å². The molecular weight excluding hydrogens is 544 g/mol. The molecule has 1 aromatic carbocycles. The van der Waals surface area contributed by atoms with E-state index in [2.05, 4.69) is 34.3 Å². The standard InChI is InChI=1S/C40H62O4/c1-6-7-8-9-10-11-12-13-14-15-16-17-18-21-36(41)43-34-25-22-33(23-26-34)24-27-37(42)44-39-35(31(2)3)28-30-40(5)29-19-20-32(4)38(39)40/h22-27,31,35,38-39H,4,6-21,28-30H2,1-3,5H3/b27-24+/t35-,38+,39-,40+/m0/s1. The maximum atomic E-state index is 13.0. The van der Waals surface area contributed by atoms with Crippen LogP contribution >= 0.6 is 0 Å². The Bertz CT molecular complexity index is 1040. The van der Waals surface area contributed by atoms with Crippen molar-refractivity contribution in [3.8, 4) is 5.75 Å². The van der Waals surface area contributed by atoms with Crippen LogP contribution in [0.2, 0.25) is 0 Å². The van der Waals surface area contributed by atoms with Crippen molar-refractivity contribution in [3.63, 3.8) is 0 Å². The summed E-state index contributed by atoms with van der Waals surface area (Å²) in [5.74, 6) is 1.12. The monoisotopic (exact) mass is 606 g/mol. The highest BCUT2D eigenvalue weighted by Gasteiger charge is 2.51. The second kappa shape index (κ2) is 19.2. The van der Waals surface area contributed by atoms with Crippen molar-refractivity contribution in [1.29, 1.82) is 0 Å². The Morgan fingerprint density at radius 1 is 0.909 bits per heavy atom. The van der Waals surface area contributed by atoms with Gasteiger partial charge >= 0.3 is 11.9 Å². The summed E-state index contributed by atoms with van der Waals surface area (Å²) in [5, 5.41) is 0. The van der Waals surface area contributed by atoms with Gasteiger partial charge in [-0.2, -0.15) is 0 Å². The van der Waals surface area contributed by atoms with E-state index in [1.54, 1.807) is 18.2 Å². The van der Waals surface area contributed by atoms with Gasteiger partial charge in [-0.15, -0.1) is 0 Å². The van der Waals surface area contributed by atoms with Crippen LogP contribution in [0.4, 0.5) is 0 Å². The summed E-state index contributed by atoms with van der Waals surface area (Å²) in [5.41, 5.74) is 2.30. The number of fused-ring (bicyclic) bond motifs is 1. The van der Waals surface area contributed by atoms with Gasteiger partial charge in [0, 0.05) is 18.4 Å². The summed E-state index contributed by atoms with van der Waals surface area (Å²) in [6.07, 6.45) is 26.1. The molecular formula is C40H62O4. The highest BCUT2D eigenvalue weighted by atomic mass is 16.5. The van der Waals surface area contributed by atoms with Crippen molar-refractivity contribution in [3.05, 3.63) is 48.1 Å². The average molecular weight is 607 g/mol. The zero-order chi connectivity index (χ0) is 31.8. The fraction of sp³-hybridized carbons (Fsp3) is 0.700. The number of esters is 2. The van der Waals surface area contributed by atoms with Crippen molar-refractivity contribution >= 4 is 18.0 Å². The van der Waals surface area contributed by atoms with Crippen LogP contribution in [0, 0.1) is 23.2 Å². The first-order valence-electron chi connectivity index (χ1n) is 18.1. The van der Waals surface area contributed by atoms with E-state index in [0.717, 1.165) is 31.2 Å². The molecule has 4 nitrogen and oxygen atoms in total. The number of carbonyl (C=O) groups is 2. The van der Waals surface area contributed by atoms with Crippen LogP contribution in [0.5, 0.6) is 5.75 Å². The van der Waals surface area contributed by atoms with Crippen molar-refractivity contribution < 1.29 is 19.1 Å². The third-order valence-electron chi connectivity index (χ3n) is 10.4. The van der Waals surface area contributed by atoms with E-state index in [1.807, 2.05) is 12.1 Å². The Kier molecular flexibility index (Phi) is 15.8. The van der Waals surface area contributed by atoms with Crippen molar-refractivity contribution in [2.75, 3.05) is 0 Å². The normalized spacial score (nSPS) is 23.6. The average Bonchev–Trinajstić information content (AvgIpc) is 2.99. The second-order valence-electron chi connectivity index (χ2n) is 14.4. The molecule has 0 aromatic heterocycles. The Hall–Kier alpha value is -2.36. The molecule has 3 rings (SSSR count). The van der Waals surface area contributed by atoms with Crippen LogP contribution in [0.15, 0.2) is 42.5 Å². The summed E-state index contributed by atoms with van der Waals surface area (Å²) in [7, 11) is 0. The first-order valence-corrected chi connectivity index (χ1v) is 18.1. The van der Waals surface area contributed by atoms with Gasteiger partial charge in [-0.25, -0.2) is 4.79 Å². The van der Waals surface area contributed by atoms with Crippen LogP contribution in [-0.2, 0) is 14.3 Å². The largest absolute Gasteiger partial charge is 0.458 e. The zero-order valence-electron chi connectivity index (χ0n) is 28.5. The molecule has 0 unspecified atom stereocenters. The SMILES string of the molecule is C=C1CCC[C@]2(C)CC[C@@H](C(C)C)[C@H](OC(=O)/C=C/c3ccc(OC(=O)CCCCCCCCCCCCCCC)cc3)[C@@H]12. The van der Waals surface area contributed by atoms with Gasteiger partial charge in [0.05, 0.1) is 0 Å². The molecule has 0 bridgehead atoms. The number of hydrogen-bond donors (Lipinski definition) is 0. The van der Waals surface area contributed by atoms with E-state index >= 15 is 0 Å². The molecule has 0 saturated heterocycles. The molecule has 0 amide bonds. The first-order chi connectivity index (χ1) is 21.2. The molecule has 0 radical (unpaired) electrons. The van der Waals surface area contributed by atoms with Crippen LogP contribution in [-0.4, -0.2) is 18.0 Å². The van der Waals surface area contributed by atoms with Gasteiger partial charge in [-0.1, -0.05) is 129 Å². The molecule has 0 heterocycles. The number of hydrogen-bond acceptors (Lipinski definition) is 4. The van der Waals surface area contributed by atoms with Gasteiger partial charge in [0.2, 0.25) is 0 Å². The lowest BCUT2D eigenvalue weighted by atomic mass is 9.54. The molecule has 1 aromatic rings. The van der Waals surface area contributed by atoms with Crippen molar-refractivity contribution in [2.45, 2.75) is 156 Å². The number of unbranched alkanes of at least 4 members (excludes halogenated alkanes) is 12. The van der Waals surface area contributed by atoms with E-state index in [0.29, 0.717) is 24.0 Å². The molecule has 2 aliphatic carbocycles. The van der Waals surface area contributed by atoms with Gasteiger partial charge < -0.3 is 9.47 Å². The van der Waals surface area contributed by atoms with Gasteiger partial charge in [0.15, 0.2) is 0 Å². The first kappa shape index (κ1) is 36.1. The maximum absolute atomic E-state index is 13.0. The van der Waals surface area contributed by atoms with E-state index in [9.17, 15) is 9.59 Å². The van der Waals surface area contributed by atoms with Crippen LogP contribution < -0.4 is 4.74 Å². The highest BCUT2D eigenvalue weighted by Crippen LogP contribution is 2.55. The Labute approximate surface area is 269 Å². The van der Waals surface area contributed by atoms with Crippen LogP contribution in [0.25, 0.3) is 6.08 Å². The molecule has 0 N–H and O–H groups in total. The van der Waals surface area contributed by atoms with Crippen LogP contribution in [0.3, 0.4) is 0 Å². The van der Waals surface area contributed by atoms with Gasteiger partial charge in [0.1, 0.15) is 11.9 Å². The molecule has 0 aliphatic heterocycles. The van der Waals surface area contributed by atoms with Crippen molar-refractivity contribution in [1.82, 2.24) is 0 Å². The van der Waals surface area contributed by atoms with Gasteiger partial charge in [-0.05, 0) is 79.5 Å². The Morgan fingerprint density at radius 2 is 1.50 bits per heavy atom. The summed E-state index contributed by atoms with van der Waals surface area (Å²) < 4.78 is 11.8. The third-order valence-corrected chi connectivity index (χ3v) is 10.4. The molecule has 0 spiro atoms. The molecule has 4 heteroatoms. The number of ether oxygens (including phenoxy) is 2. The van der Waals surface area contributed by atoms with E-state index < -0.39 is 0 Å². The second-order valence-corrected chi connectivity index (χ2v) is 14.4. The summed E-state index contributed by atoms with van der Waals surface area (Å²) >= 11 is 0. The summed E-state index contributed by atoms with van der Waals surface area (Å²) in [4.78, 5) is 25.3. The van der Waals surface area contributed by atoms with Gasteiger partial charge in [0.25, 0.3) is 0 Å². The maximum Gasteiger partial charge on any atom is 0.331 e. The fourth-order valence-electron chi connectivity index (χ4n) is 7.66. The van der Waals surface area contributed by atoms with Gasteiger partial charge in [-0.3, -0.25) is 4.79 Å². The number of rotatable bonds is 19. The lowest BCUT2D eigenvalue weighted by molar-refractivity contribution is -0.159. The minimum Gasteiger partial charge on any atom is -0.458 e. The van der Waals surface area contributed by atoms with Crippen LogP contribution in [0.1, 0.15) is 155 Å². The quantitative estimate of drug-likeness (QED) is 0.0517. The lowest BCUT2D eigenvalue weighted by Gasteiger charge is -2.53. The number of benzene rings is 1. The Morgan fingerprint density at radius 3 is 2.09 bits per heavy atom. The molecule has 2 aliphatic rings. The predicted octanol–water partition coefficient (Wildman–Crippen LogP) is 11.4. The summed E-state index contributed by atoms with van der Waals surface area (Å²) in [6.45, 7) is 13.5. The summed E-state index contributed by atoms with van der Waals surface area (Å²) in [6, 6.07) is 7.32. The fourth-order valence-corrected chi connectivity index (χ4v) is 7.66. The Balaban J connectivity index is 1.34. The number of carbonyl (C=O) groups excluding carboxylic acids is 2. The van der Waals surface area contributed by atoms with E-state index in [4.69, 9.17) is 9.47 Å². The zero-order valence-corrected chi connectivity index (χ0v) is 28.5. The molecule has 2 saturated carbocycles. The topological polar surface area (TPSA) is 52.6 Å². The smallest absolute Gasteiger partial charge is 0.331 e. The lowest BCUT2D eigenvalue weighted by Crippen LogP contribution is -2.50. The van der Waals surface area contributed by atoms with E-state index in [-0.39, 0.29) is 29.4 Å². The predicted molar refractivity (Wildman–Crippen MR) is 183 cm³/mol. The molecule has 4 atom stereocenters. The minimum atomic E-state index is -0.295. The third kappa shape index (κ3) is 11.9. The molecule has 246 valence electrons. The van der Waals surface area contributed by atoms with E-state index in [1.165, 1.54) is 102 Å².